The molecule has 3 aromatic carbocycles. The number of amides is 1. The summed E-state index contributed by atoms with van der Waals surface area (Å²) in [6, 6.07) is 22.8. The summed E-state index contributed by atoms with van der Waals surface area (Å²) < 4.78 is 16.4. The van der Waals surface area contributed by atoms with E-state index in [2.05, 4.69) is 11.9 Å². The van der Waals surface area contributed by atoms with Gasteiger partial charge in [-0.15, -0.1) is 6.58 Å². The smallest absolute Gasteiger partial charge is 0.258 e. The van der Waals surface area contributed by atoms with Gasteiger partial charge in [0.1, 0.15) is 5.75 Å². The zero-order valence-electron chi connectivity index (χ0n) is 17.8. The molecule has 0 aliphatic rings. The van der Waals surface area contributed by atoms with E-state index in [1.165, 1.54) is 0 Å². The normalized spacial score (nSPS) is 11.3. The Morgan fingerprint density at radius 1 is 0.935 bits per heavy atom. The second-order valence-corrected chi connectivity index (χ2v) is 6.95. The quantitative estimate of drug-likeness (QED) is 0.485. The second kappa shape index (κ2) is 10.9. The van der Waals surface area contributed by atoms with Crippen LogP contribution in [0.25, 0.3) is 0 Å². The maximum absolute atomic E-state index is 12.8. The van der Waals surface area contributed by atoms with Gasteiger partial charge in [0.15, 0.2) is 18.1 Å². The van der Waals surface area contributed by atoms with E-state index in [0.717, 1.165) is 28.9 Å². The molecule has 0 fully saturated rings. The van der Waals surface area contributed by atoms with Crippen LogP contribution >= 0.6 is 0 Å². The Morgan fingerprint density at radius 2 is 1.65 bits per heavy atom. The van der Waals surface area contributed by atoms with E-state index in [-0.39, 0.29) is 18.6 Å². The van der Waals surface area contributed by atoms with Gasteiger partial charge in [0.2, 0.25) is 0 Å². The summed E-state index contributed by atoms with van der Waals surface area (Å²) in [6.07, 6.45) is 2.56. The summed E-state index contributed by atoms with van der Waals surface area (Å²) in [4.78, 5) is 12.8. The SMILES string of the molecule is C=CCc1ccc(OCC(=O)NC(c2ccccc2)c2ccc(OC)cc2)c(OC)c1. The van der Waals surface area contributed by atoms with Crippen molar-refractivity contribution in [3.05, 3.63) is 102 Å². The largest absolute Gasteiger partial charge is 0.497 e. The molecule has 0 saturated heterocycles. The lowest BCUT2D eigenvalue weighted by Gasteiger charge is -2.20. The summed E-state index contributed by atoms with van der Waals surface area (Å²) in [5.74, 6) is 1.63. The number of hydrogen-bond acceptors (Lipinski definition) is 4. The number of methoxy groups -OCH3 is 2. The molecule has 0 aliphatic heterocycles. The van der Waals surface area contributed by atoms with Crippen molar-refractivity contribution in [2.45, 2.75) is 12.5 Å². The number of benzene rings is 3. The maximum atomic E-state index is 12.8. The first-order chi connectivity index (χ1) is 15.1. The fraction of sp³-hybridized carbons (Fsp3) is 0.192. The van der Waals surface area contributed by atoms with E-state index in [4.69, 9.17) is 14.2 Å². The fourth-order valence-electron chi connectivity index (χ4n) is 3.27. The van der Waals surface area contributed by atoms with E-state index >= 15 is 0 Å². The number of nitrogens with one attached hydrogen (secondary N) is 1. The van der Waals surface area contributed by atoms with Crippen molar-refractivity contribution in [2.24, 2.45) is 0 Å². The molecule has 0 bridgehead atoms. The van der Waals surface area contributed by atoms with Crippen LogP contribution in [0.1, 0.15) is 22.7 Å². The first kappa shape index (κ1) is 22.0. The van der Waals surface area contributed by atoms with Crippen LogP contribution in [0, 0.1) is 0 Å². The van der Waals surface area contributed by atoms with E-state index in [0.29, 0.717) is 11.5 Å². The van der Waals surface area contributed by atoms with Crippen LogP contribution < -0.4 is 19.5 Å². The van der Waals surface area contributed by atoms with Gasteiger partial charge in [-0.05, 0) is 47.4 Å². The Morgan fingerprint density at radius 3 is 2.29 bits per heavy atom. The van der Waals surface area contributed by atoms with Crippen LogP contribution in [0.2, 0.25) is 0 Å². The molecule has 1 unspecified atom stereocenters. The van der Waals surface area contributed by atoms with Crippen molar-refractivity contribution < 1.29 is 19.0 Å². The molecular weight excluding hydrogens is 390 g/mol. The highest BCUT2D eigenvalue weighted by atomic mass is 16.5. The van der Waals surface area contributed by atoms with Crippen LogP contribution in [0.5, 0.6) is 17.2 Å². The Balaban J connectivity index is 1.73. The predicted octanol–water partition coefficient (Wildman–Crippen LogP) is 4.72. The summed E-state index contributed by atoms with van der Waals surface area (Å²) in [6.45, 7) is 3.62. The van der Waals surface area contributed by atoms with Crippen molar-refractivity contribution in [3.63, 3.8) is 0 Å². The molecule has 0 aromatic heterocycles. The Labute approximate surface area is 183 Å². The maximum Gasteiger partial charge on any atom is 0.258 e. The van der Waals surface area contributed by atoms with Crippen LogP contribution in [0.15, 0.2) is 85.5 Å². The van der Waals surface area contributed by atoms with Gasteiger partial charge in [-0.2, -0.15) is 0 Å². The van der Waals surface area contributed by atoms with Gasteiger partial charge in [-0.1, -0.05) is 54.6 Å². The van der Waals surface area contributed by atoms with Crippen molar-refractivity contribution >= 4 is 5.91 Å². The zero-order valence-corrected chi connectivity index (χ0v) is 17.8. The standard InChI is InChI=1S/C26H27NO4/c1-4-8-19-11-16-23(24(17-19)30-3)31-18-25(28)27-26(20-9-6-5-7-10-20)21-12-14-22(29-2)15-13-21/h4-7,9-17,26H,1,8,18H2,2-3H3,(H,27,28). The molecule has 3 rings (SSSR count). The van der Waals surface area contributed by atoms with Crippen molar-refractivity contribution in [2.75, 3.05) is 20.8 Å². The number of carbonyl (C=O) groups is 1. The molecule has 1 N–H and O–H groups in total. The zero-order chi connectivity index (χ0) is 22.1. The van der Waals surface area contributed by atoms with E-state index < -0.39 is 0 Å². The molecule has 0 heterocycles. The minimum Gasteiger partial charge on any atom is -0.497 e. The summed E-state index contributed by atoms with van der Waals surface area (Å²) in [7, 11) is 3.20. The first-order valence-electron chi connectivity index (χ1n) is 10.0. The van der Waals surface area contributed by atoms with E-state index in [9.17, 15) is 4.79 Å². The lowest BCUT2D eigenvalue weighted by molar-refractivity contribution is -0.123. The van der Waals surface area contributed by atoms with Crippen LogP contribution in [0.4, 0.5) is 0 Å². The lowest BCUT2D eigenvalue weighted by Crippen LogP contribution is -2.33. The third-order valence-electron chi connectivity index (χ3n) is 4.85. The molecule has 31 heavy (non-hydrogen) atoms. The average molecular weight is 418 g/mol. The summed E-state index contributed by atoms with van der Waals surface area (Å²) in [5.41, 5.74) is 2.99. The minimum absolute atomic E-state index is 0.128. The van der Waals surface area contributed by atoms with Gasteiger partial charge in [-0.25, -0.2) is 0 Å². The second-order valence-electron chi connectivity index (χ2n) is 6.95. The molecule has 3 aromatic rings. The Kier molecular flexibility index (Phi) is 7.71. The van der Waals surface area contributed by atoms with Gasteiger partial charge < -0.3 is 19.5 Å². The molecular formula is C26H27NO4. The average Bonchev–Trinajstić information content (AvgIpc) is 2.82. The highest BCUT2D eigenvalue weighted by Gasteiger charge is 2.18. The molecule has 5 heteroatoms. The van der Waals surface area contributed by atoms with Crippen molar-refractivity contribution in [1.82, 2.24) is 5.32 Å². The molecule has 0 aliphatic carbocycles. The third-order valence-corrected chi connectivity index (χ3v) is 4.85. The van der Waals surface area contributed by atoms with Gasteiger partial charge in [0.25, 0.3) is 5.91 Å². The van der Waals surface area contributed by atoms with Gasteiger partial charge >= 0.3 is 0 Å². The fourth-order valence-corrected chi connectivity index (χ4v) is 3.27. The highest BCUT2D eigenvalue weighted by molar-refractivity contribution is 5.78. The molecule has 5 nitrogen and oxygen atoms in total. The summed E-state index contributed by atoms with van der Waals surface area (Å²) >= 11 is 0. The van der Waals surface area contributed by atoms with Crippen molar-refractivity contribution in [1.29, 1.82) is 0 Å². The lowest BCUT2D eigenvalue weighted by atomic mass is 9.98. The summed E-state index contributed by atoms with van der Waals surface area (Å²) in [5, 5.41) is 3.07. The number of rotatable bonds is 10. The van der Waals surface area contributed by atoms with Crippen LogP contribution in [0.3, 0.4) is 0 Å². The highest BCUT2D eigenvalue weighted by Crippen LogP contribution is 2.29. The molecule has 0 spiro atoms. The molecule has 160 valence electrons. The van der Waals surface area contributed by atoms with Gasteiger partial charge in [-0.3, -0.25) is 4.79 Å². The number of ether oxygens (including phenoxy) is 3. The minimum atomic E-state index is -0.305. The van der Waals surface area contributed by atoms with E-state index in [1.54, 1.807) is 14.2 Å². The van der Waals surface area contributed by atoms with Gasteiger partial charge in [0.05, 0.1) is 20.3 Å². The number of allylic oxidation sites excluding steroid dienone is 1. The number of carbonyl (C=O) groups excluding carboxylic acids is 1. The molecule has 0 radical (unpaired) electrons. The van der Waals surface area contributed by atoms with Gasteiger partial charge in [0, 0.05) is 0 Å². The topological polar surface area (TPSA) is 56.8 Å². The monoisotopic (exact) mass is 417 g/mol. The predicted molar refractivity (Wildman–Crippen MR) is 122 cm³/mol. The van der Waals surface area contributed by atoms with E-state index in [1.807, 2.05) is 78.9 Å². The molecule has 1 atom stereocenters. The Hall–Kier alpha value is -3.73. The van der Waals surface area contributed by atoms with Crippen LogP contribution in [-0.2, 0) is 11.2 Å². The number of hydrogen-bond donors (Lipinski definition) is 1. The third kappa shape index (κ3) is 5.89. The van der Waals surface area contributed by atoms with Crippen LogP contribution in [-0.4, -0.2) is 26.7 Å². The molecule has 0 saturated carbocycles. The van der Waals surface area contributed by atoms with Crippen molar-refractivity contribution in [3.8, 4) is 17.2 Å². The molecule has 1 amide bonds. The first-order valence-corrected chi connectivity index (χ1v) is 10.0. The Bertz CT molecular complexity index is 1000.